The van der Waals surface area contributed by atoms with Gasteiger partial charge in [0.15, 0.2) is 6.10 Å². The number of halogens is 1. The van der Waals surface area contributed by atoms with Crippen molar-refractivity contribution in [2.45, 2.75) is 13.0 Å². The van der Waals surface area contributed by atoms with Crippen molar-refractivity contribution in [1.29, 1.82) is 0 Å². The third-order valence-electron chi connectivity index (χ3n) is 2.89. The lowest BCUT2D eigenvalue weighted by atomic mass is 10.3. The third kappa shape index (κ3) is 5.09. The number of para-hydroxylation sites is 1. The van der Waals surface area contributed by atoms with Gasteiger partial charge < -0.3 is 14.8 Å². The number of benzene rings is 2. The van der Waals surface area contributed by atoms with E-state index in [1.165, 1.54) is 18.2 Å². The van der Waals surface area contributed by atoms with Crippen LogP contribution in [0.5, 0.6) is 11.5 Å². The number of nitrogens with one attached hydrogen (secondary N) is 1. The molecule has 1 atom stereocenters. The first-order valence-corrected chi connectivity index (χ1v) is 7.03. The lowest BCUT2D eigenvalue weighted by Gasteiger charge is -2.15. The lowest BCUT2D eigenvalue weighted by molar-refractivity contribution is -0.127. The molecule has 0 aliphatic carbocycles. The summed E-state index contributed by atoms with van der Waals surface area (Å²) < 4.78 is 23.9. The SMILES string of the molecule is C[C@H](Oc1cccc(F)c1)C(=O)NCCOc1ccccc1. The first-order chi connectivity index (χ1) is 10.6. The van der Waals surface area contributed by atoms with Gasteiger partial charge in [0.05, 0.1) is 6.54 Å². The highest BCUT2D eigenvalue weighted by molar-refractivity contribution is 5.80. The second-order valence-corrected chi connectivity index (χ2v) is 4.67. The molecule has 5 heteroatoms. The summed E-state index contributed by atoms with van der Waals surface area (Å²) in [5, 5.41) is 2.70. The smallest absolute Gasteiger partial charge is 0.260 e. The molecule has 0 saturated carbocycles. The molecule has 4 nitrogen and oxygen atoms in total. The molecule has 2 aromatic carbocycles. The molecule has 0 saturated heterocycles. The average molecular weight is 303 g/mol. The Morgan fingerprint density at radius 2 is 1.86 bits per heavy atom. The second kappa shape index (κ2) is 8.02. The summed E-state index contributed by atoms with van der Waals surface area (Å²) in [7, 11) is 0. The number of ether oxygens (including phenoxy) is 2. The molecule has 0 aliphatic heterocycles. The fourth-order valence-electron chi connectivity index (χ4n) is 1.80. The number of amides is 1. The zero-order valence-corrected chi connectivity index (χ0v) is 12.3. The fraction of sp³-hybridized carbons (Fsp3) is 0.235. The molecule has 1 N–H and O–H groups in total. The summed E-state index contributed by atoms with van der Waals surface area (Å²) in [6, 6.07) is 15.0. The molecule has 0 heterocycles. The van der Waals surface area contributed by atoms with Crippen molar-refractivity contribution in [3.05, 3.63) is 60.4 Å². The van der Waals surface area contributed by atoms with Crippen LogP contribution in [-0.2, 0) is 4.79 Å². The predicted octanol–water partition coefficient (Wildman–Crippen LogP) is 2.79. The van der Waals surface area contributed by atoms with Gasteiger partial charge in [0, 0.05) is 6.07 Å². The standard InChI is InChI=1S/C17H18FNO3/c1-13(22-16-9-5-6-14(18)12-16)17(20)19-10-11-21-15-7-3-2-4-8-15/h2-9,12-13H,10-11H2,1H3,(H,19,20)/t13-/m0/s1. The highest BCUT2D eigenvalue weighted by atomic mass is 19.1. The maximum Gasteiger partial charge on any atom is 0.260 e. The number of rotatable bonds is 7. The molecule has 116 valence electrons. The van der Waals surface area contributed by atoms with E-state index in [1.54, 1.807) is 13.0 Å². The Kier molecular flexibility index (Phi) is 5.77. The van der Waals surface area contributed by atoms with Crippen LogP contribution in [-0.4, -0.2) is 25.2 Å². The molecule has 0 unspecified atom stereocenters. The Hall–Kier alpha value is -2.56. The van der Waals surface area contributed by atoms with Crippen molar-refractivity contribution in [1.82, 2.24) is 5.32 Å². The van der Waals surface area contributed by atoms with E-state index in [1.807, 2.05) is 30.3 Å². The zero-order valence-electron chi connectivity index (χ0n) is 12.3. The maximum atomic E-state index is 13.0. The normalized spacial score (nSPS) is 11.5. The van der Waals surface area contributed by atoms with Crippen LogP contribution < -0.4 is 14.8 Å². The third-order valence-corrected chi connectivity index (χ3v) is 2.89. The minimum Gasteiger partial charge on any atom is -0.492 e. The summed E-state index contributed by atoms with van der Waals surface area (Å²) in [4.78, 5) is 11.9. The number of hydrogen-bond donors (Lipinski definition) is 1. The lowest BCUT2D eigenvalue weighted by Crippen LogP contribution is -2.38. The Labute approximate surface area is 128 Å². The summed E-state index contributed by atoms with van der Waals surface area (Å²) in [6.07, 6.45) is -0.710. The van der Waals surface area contributed by atoms with Crippen LogP contribution >= 0.6 is 0 Å². The molecule has 1 amide bonds. The topological polar surface area (TPSA) is 47.6 Å². The summed E-state index contributed by atoms with van der Waals surface area (Å²) in [5.41, 5.74) is 0. The molecular formula is C17H18FNO3. The second-order valence-electron chi connectivity index (χ2n) is 4.67. The van der Waals surface area contributed by atoms with Gasteiger partial charge in [-0.15, -0.1) is 0 Å². The molecule has 0 spiro atoms. The molecule has 0 fully saturated rings. The molecule has 2 aromatic rings. The fourth-order valence-corrected chi connectivity index (χ4v) is 1.80. The first-order valence-electron chi connectivity index (χ1n) is 7.03. The van der Waals surface area contributed by atoms with E-state index in [2.05, 4.69) is 5.32 Å². The van der Waals surface area contributed by atoms with Crippen LogP contribution in [0.15, 0.2) is 54.6 Å². The molecule has 0 aromatic heterocycles. The highest BCUT2D eigenvalue weighted by Crippen LogP contribution is 2.13. The van der Waals surface area contributed by atoms with Gasteiger partial charge >= 0.3 is 0 Å². The predicted molar refractivity (Wildman–Crippen MR) is 81.4 cm³/mol. The van der Waals surface area contributed by atoms with Crippen LogP contribution in [0.25, 0.3) is 0 Å². The molecule has 0 bridgehead atoms. The number of carbonyl (C=O) groups excluding carboxylic acids is 1. The Morgan fingerprint density at radius 3 is 2.59 bits per heavy atom. The van der Waals surface area contributed by atoms with Crippen molar-refractivity contribution in [3.63, 3.8) is 0 Å². The molecule has 22 heavy (non-hydrogen) atoms. The van der Waals surface area contributed by atoms with Crippen molar-refractivity contribution < 1.29 is 18.7 Å². The Bertz CT molecular complexity index is 604. The van der Waals surface area contributed by atoms with E-state index < -0.39 is 11.9 Å². The molecule has 0 aliphatic rings. The van der Waals surface area contributed by atoms with Crippen LogP contribution in [0, 0.1) is 5.82 Å². The number of hydrogen-bond acceptors (Lipinski definition) is 3. The van der Waals surface area contributed by atoms with Crippen LogP contribution in [0.1, 0.15) is 6.92 Å². The summed E-state index contributed by atoms with van der Waals surface area (Å²) in [5.74, 6) is 0.395. The monoisotopic (exact) mass is 303 g/mol. The summed E-state index contributed by atoms with van der Waals surface area (Å²) in [6.45, 7) is 2.34. The van der Waals surface area contributed by atoms with Gasteiger partial charge in [-0.25, -0.2) is 4.39 Å². The van der Waals surface area contributed by atoms with E-state index in [-0.39, 0.29) is 5.91 Å². The average Bonchev–Trinajstić information content (AvgIpc) is 2.52. The Balaban J connectivity index is 1.70. The van der Waals surface area contributed by atoms with Gasteiger partial charge in [0.1, 0.15) is 23.9 Å². The van der Waals surface area contributed by atoms with Gasteiger partial charge in [0.25, 0.3) is 5.91 Å². The van der Waals surface area contributed by atoms with E-state index in [0.29, 0.717) is 18.9 Å². The van der Waals surface area contributed by atoms with Crippen molar-refractivity contribution in [3.8, 4) is 11.5 Å². The van der Waals surface area contributed by atoms with Gasteiger partial charge in [-0.2, -0.15) is 0 Å². The zero-order chi connectivity index (χ0) is 15.8. The van der Waals surface area contributed by atoms with E-state index in [9.17, 15) is 9.18 Å². The maximum absolute atomic E-state index is 13.0. The molecular weight excluding hydrogens is 285 g/mol. The minimum absolute atomic E-state index is 0.277. The van der Waals surface area contributed by atoms with E-state index in [4.69, 9.17) is 9.47 Å². The van der Waals surface area contributed by atoms with Crippen LogP contribution in [0.3, 0.4) is 0 Å². The van der Waals surface area contributed by atoms with Crippen molar-refractivity contribution in [2.75, 3.05) is 13.2 Å². The van der Waals surface area contributed by atoms with E-state index >= 15 is 0 Å². The van der Waals surface area contributed by atoms with Gasteiger partial charge in [-0.3, -0.25) is 4.79 Å². The molecule has 0 radical (unpaired) electrons. The Morgan fingerprint density at radius 1 is 1.14 bits per heavy atom. The van der Waals surface area contributed by atoms with Crippen molar-refractivity contribution in [2.24, 2.45) is 0 Å². The quantitative estimate of drug-likeness (QED) is 0.800. The highest BCUT2D eigenvalue weighted by Gasteiger charge is 2.14. The molecule has 2 rings (SSSR count). The minimum atomic E-state index is -0.710. The summed E-state index contributed by atoms with van der Waals surface area (Å²) >= 11 is 0. The van der Waals surface area contributed by atoms with Crippen molar-refractivity contribution >= 4 is 5.91 Å². The largest absolute Gasteiger partial charge is 0.492 e. The first kappa shape index (κ1) is 15.8. The van der Waals surface area contributed by atoms with Crippen LogP contribution in [0.4, 0.5) is 4.39 Å². The van der Waals surface area contributed by atoms with E-state index in [0.717, 1.165) is 5.75 Å². The van der Waals surface area contributed by atoms with Gasteiger partial charge in [-0.05, 0) is 31.2 Å². The number of carbonyl (C=O) groups is 1. The van der Waals surface area contributed by atoms with Gasteiger partial charge in [-0.1, -0.05) is 24.3 Å². The van der Waals surface area contributed by atoms with Crippen LogP contribution in [0.2, 0.25) is 0 Å². The van der Waals surface area contributed by atoms with Gasteiger partial charge in [0.2, 0.25) is 0 Å².